The van der Waals surface area contributed by atoms with Crippen molar-refractivity contribution in [2.45, 2.75) is 38.5 Å². The van der Waals surface area contributed by atoms with E-state index in [1.165, 1.54) is 126 Å². The van der Waals surface area contributed by atoms with E-state index < -0.39 is 0 Å². The third-order valence-corrected chi connectivity index (χ3v) is 11.9. The number of hydrogen-bond acceptors (Lipinski definition) is 2. The molecule has 2 aliphatic rings. The highest BCUT2D eigenvalue weighted by atomic mass is 15.1. The lowest BCUT2D eigenvalue weighted by Crippen LogP contribution is -2.29. The highest BCUT2D eigenvalue weighted by Gasteiger charge is 2.22. The smallest absolute Gasteiger partial charge is 0.0372 e. The molecule has 2 fully saturated rings. The van der Waals surface area contributed by atoms with E-state index in [9.17, 15) is 0 Å². The van der Waals surface area contributed by atoms with Gasteiger partial charge < -0.3 is 9.80 Å². The topological polar surface area (TPSA) is 6.48 Å². The van der Waals surface area contributed by atoms with Crippen LogP contribution in [-0.4, -0.2) is 26.2 Å². The molecule has 0 aromatic heterocycles. The molecule has 2 nitrogen and oxygen atoms in total. The molecule has 0 unspecified atom stereocenters. The van der Waals surface area contributed by atoms with Gasteiger partial charge in [-0.3, -0.25) is 0 Å². The van der Waals surface area contributed by atoms with Gasteiger partial charge in [-0.15, -0.1) is 0 Å². The van der Waals surface area contributed by atoms with E-state index in [-0.39, 0.29) is 0 Å². The molecule has 254 valence electrons. The van der Waals surface area contributed by atoms with Crippen molar-refractivity contribution < 1.29 is 0 Å². The molecule has 2 aliphatic heterocycles. The molecule has 10 rings (SSSR count). The molecule has 2 heterocycles. The van der Waals surface area contributed by atoms with Crippen molar-refractivity contribution in [1.82, 2.24) is 0 Å². The van der Waals surface area contributed by atoms with Gasteiger partial charge in [-0.25, -0.2) is 0 Å². The number of hydrogen-bond donors (Lipinski definition) is 0. The van der Waals surface area contributed by atoms with Crippen LogP contribution < -0.4 is 9.80 Å². The molecular formula is C50H44N2. The van der Waals surface area contributed by atoms with Gasteiger partial charge in [0.25, 0.3) is 0 Å². The van der Waals surface area contributed by atoms with Crippen LogP contribution >= 0.6 is 0 Å². The van der Waals surface area contributed by atoms with Crippen LogP contribution in [0, 0.1) is 0 Å². The minimum atomic E-state index is 1.13. The number of piperidine rings is 2. The largest absolute Gasteiger partial charge is 0.372 e. The van der Waals surface area contributed by atoms with Gasteiger partial charge in [0, 0.05) is 37.6 Å². The third-order valence-electron chi connectivity index (χ3n) is 11.9. The first-order valence-corrected chi connectivity index (χ1v) is 19.4. The Morgan fingerprint density at radius 2 is 0.769 bits per heavy atom. The van der Waals surface area contributed by atoms with Gasteiger partial charge in [0.05, 0.1) is 0 Å². The Bertz CT molecular complexity index is 2580. The molecule has 2 saturated heterocycles. The summed E-state index contributed by atoms with van der Waals surface area (Å²) in [5.41, 5.74) is 10.5. The second kappa shape index (κ2) is 13.2. The van der Waals surface area contributed by atoms with E-state index in [1.54, 1.807) is 0 Å². The van der Waals surface area contributed by atoms with Crippen LogP contribution in [-0.2, 0) is 0 Å². The maximum atomic E-state index is 2.61. The molecule has 8 aromatic rings. The van der Waals surface area contributed by atoms with Crippen molar-refractivity contribution in [3.63, 3.8) is 0 Å². The lowest BCUT2D eigenvalue weighted by atomic mass is 9.84. The quantitative estimate of drug-likeness (QED) is 0.168. The molecule has 0 atom stereocenters. The van der Waals surface area contributed by atoms with E-state index in [2.05, 4.69) is 155 Å². The van der Waals surface area contributed by atoms with Crippen molar-refractivity contribution in [3.8, 4) is 33.4 Å². The van der Waals surface area contributed by atoms with Crippen LogP contribution in [0.5, 0.6) is 0 Å². The Labute approximate surface area is 306 Å². The first-order chi connectivity index (χ1) is 25.8. The Kier molecular flexibility index (Phi) is 7.90. The summed E-state index contributed by atoms with van der Waals surface area (Å²) in [5, 5.41) is 10.5. The first-order valence-electron chi connectivity index (χ1n) is 19.4. The van der Waals surface area contributed by atoms with Crippen LogP contribution in [0.15, 0.2) is 146 Å². The van der Waals surface area contributed by atoms with Crippen LogP contribution in [0.1, 0.15) is 38.5 Å². The van der Waals surface area contributed by atoms with Gasteiger partial charge in [-0.1, -0.05) is 121 Å². The number of anilines is 2. The van der Waals surface area contributed by atoms with Crippen molar-refractivity contribution >= 4 is 54.5 Å². The zero-order valence-corrected chi connectivity index (χ0v) is 29.8. The normalized spacial score (nSPS) is 15.2. The number of nitrogens with zero attached hydrogens (tertiary/aromatic N) is 2. The van der Waals surface area contributed by atoms with Gasteiger partial charge in [0.1, 0.15) is 0 Å². The molecule has 0 amide bonds. The maximum Gasteiger partial charge on any atom is 0.0372 e. The average molecular weight is 673 g/mol. The summed E-state index contributed by atoms with van der Waals surface area (Å²) in [5.74, 6) is 0. The molecule has 0 saturated carbocycles. The SMILES string of the molecule is c1ccc2c(-c3ccc(-c4c5cc(N6CCCCC6)ccc5c(-c5cccc6ccccc56)c5cc(N6CCCCC6)ccc45)cc3)cccc2c1. The summed E-state index contributed by atoms with van der Waals surface area (Å²) in [6.45, 7) is 4.52. The standard InChI is InChI=1S/C50H44N2/c1-7-29-51(30-8-1)39-26-28-46-47(33-39)49(38-23-21-37(22-24-38)42-19-11-15-35-13-3-5-17-41(35)42)45-27-25-40(52-31-9-2-10-32-52)34-48(45)50(46)44-20-12-16-36-14-4-6-18-43(36)44/h3-6,11-28,33-34H,1-2,7-10,29-32H2. The zero-order valence-electron chi connectivity index (χ0n) is 29.8. The second-order valence-electron chi connectivity index (χ2n) is 14.9. The van der Waals surface area contributed by atoms with Crippen molar-refractivity contribution in [3.05, 3.63) is 146 Å². The minimum Gasteiger partial charge on any atom is -0.372 e. The van der Waals surface area contributed by atoms with Gasteiger partial charge in [0.15, 0.2) is 0 Å². The van der Waals surface area contributed by atoms with E-state index in [0.29, 0.717) is 0 Å². The van der Waals surface area contributed by atoms with E-state index in [4.69, 9.17) is 0 Å². The molecular weight excluding hydrogens is 629 g/mol. The van der Waals surface area contributed by atoms with Gasteiger partial charge in [-0.2, -0.15) is 0 Å². The lowest BCUT2D eigenvalue weighted by molar-refractivity contribution is 0.578. The average Bonchev–Trinajstić information content (AvgIpc) is 3.23. The predicted octanol–water partition coefficient (Wildman–Crippen LogP) is 13.3. The van der Waals surface area contributed by atoms with Gasteiger partial charge in [0.2, 0.25) is 0 Å². The summed E-state index contributed by atoms with van der Waals surface area (Å²) >= 11 is 0. The Balaban J connectivity index is 1.26. The highest BCUT2D eigenvalue weighted by Crippen LogP contribution is 2.48. The van der Waals surface area contributed by atoms with Crippen molar-refractivity contribution in [2.24, 2.45) is 0 Å². The monoisotopic (exact) mass is 672 g/mol. The molecule has 0 N–H and O–H groups in total. The highest BCUT2D eigenvalue weighted by molar-refractivity contribution is 6.24. The molecule has 0 bridgehead atoms. The number of benzene rings is 8. The lowest BCUT2D eigenvalue weighted by Gasteiger charge is -2.30. The first kappa shape index (κ1) is 31.2. The molecule has 0 spiro atoms. The fourth-order valence-corrected chi connectivity index (χ4v) is 9.24. The van der Waals surface area contributed by atoms with Crippen LogP contribution in [0.3, 0.4) is 0 Å². The summed E-state index contributed by atoms with van der Waals surface area (Å²) in [6.07, 6.45) is 7.71. The van der Waals surface area contributed by atoms with Crippen molar-refractivity contribution in [2.75, 3.05) is 36.0 Å². The second-order valence-corrected chi connectivity index (χ2v) is 14.9. The minimum absolute atomic E-state index is 1.13. The van der Waals surface area contributed by atoms with E-state index in [1.807, 2.05) is 0 Å². The van der Waals surface area contributed by atoms with E-state index in [0.717, 1.165) is 26.2 Å². The zero-order chi connectivity index (χ0) is 34.4. The fourth-order valence-electron chi connectivity index (χ4n) is 9.24. The Morgan fingerprint density at radius 1 is 0.308 bits per heavy atom. The predicted molar refractivity (Wildman–Crippen MR) is 225 cm³/mol. The summed E-state index contributed by atoms with van der Waals surface area (Å²) in [7, 11) is 0. The molecule has 0 radical (unpaired) electrons. The maximum absolute atomic E-state index is 2.61. The third kappa shape index (κ3) is 5.40. The number of rotatable bonds is 5. The summed E-state index contributed by atoms with van der Waals surface area (Å²) in [6, 6.07) is 55.3. The van der Waals surface area contributed by atoms with Crippen LogP contribution in [0.2, 0.25) is 0 Å². The molecule has 2 heteroatoms. The van der Waals surface area contributed by atoms with Gasteiger partial charge in [-0.05, 0) is 139 Å². The number of fused-ring (bicyclic) bond motifs is 4. The summed E-state index contributed by atoms with van der Waals surface area (Å²) in [4.78, 5) is 5.22. The van der Waals surface area contributed by atoms with E-state index >= 15 is 0 Å². The van der Waals surface area contributed by atoms with Crippen LogP contribution in [0.4, 0.5) is 11.4 Å². The summed E-state index contributed by atoms with van der Waals surface area (Å²) < 4.78 is 0. The Hall–Kier alpha value is -5.60. The van der Waals surface area contributed by atoms with Crippen LogP contribution in [0.25, 0.3) is 76.5 Å². The molecule has 52 heavy (non-hydrogen) atoms. The van der Waals surface area contributed by atoms with Crippen molar-refractivity contribution in [1.29, 1.82) is 0 Å². The Morgan fingerprint density at radius 3 is 1.37 bits per heavy atom. The molecule has 8 aromatic carbocycles. The van der Waals surface area contributed by atoms with Gasteiger partial charge >= 0.3 is 0 Å². The molecule has 0 aliphatic carbocycles. The fraction of sp³-hybridized carbons (Fsp3) is 0.200.